The third-order valence-electron chi connectivity index (χ3n) is 4.07. The molecule has 3 rings (SSSR count). The van der Waals surface area contributed by atoms with E-state index < -0.39 is 11.2 Å². The number of likely N-dealkylation sites (N-methyl/N-ethyl adjacent to an activating group) is 1. The summed E-state index contributed by atoms with van der Waals surface area (Å²) >= 11 is 0. The van der Waals surface area contributed by atoms with Gasteiger partial charge in [0.1, 0.15) is 12.3 Å². The number of ether oxygens (including phenoxy) is 1. The van der Waals surface area contributed by atoms with Crippen molar-refractivity contribution in [3.63, 3.8) is 0 Å². The Bertz CT molecular complexity index is 1070. The van der Waals surface area contributed by atoms with Gasteiger partial charge in [0.05, 0.1) is 19.2 Å². The Labute approximate surface area is 148 Å². The van der Waals surface area contributed by atoms with Gasteiger partial charge in [0.25, 0.3) is 5.56 Å². The molecule has 0 saturated carbocycles. The summed E-state index contributed by atoms with van der Waals surface area (Å²) < 4.78 is 7.45. The van der Waals surface area contributed by atoms with Gasteiger partial charge in [-0.05, 0) is 29.8 Å². The van der Waals surface area contributed by atoms with Crippen LogP contribution in [-0.4, -0.2) is 34.2 Å². The minimum absolute atomic E-state index is 0.0713. The lowest BCUT2D eigenvalue weighted by Gasteiger charge is -2.13. The average molecular weight is 354 g/mol. The first-order valence-corrected chi connectivity index (χ1v) is 7.97. The number of pyridine rings is 1. The van der Waals surface area contributed by atoms with Crippen LogP contribution in [0, 0.1) is 0 Å². The van der Waals surface area contributed by atoms with Crippen molar-refractivity contribution in [1.82, 2.24) is 19.4 Å². The van der Waals surface area contributed by atoms with Crippen LogP contribution < -0.4 is 21.3 Å². The summed E-state index contributed by atoms with van der Waals surface area (Å²) in [4.78, 5) is 41.5. The van der Waals surface area contributed by atoms with E-state index in [1.54, 1.807) is 43.5 Å². The Morgan fingerprint density at radius 1 is 1.15 bits per heavy atom. The molecule has 0 radical (unpaired) electrons. The first-order chi connectivity index (χ1) is 12.5. The molecule has 134 valence electrons. The molecule has 1 aromatic carbocycles. The third kappa shape index (κ3) is 3.21. The van der Waals surface area contributed by atoms with E-state index in [9.17, 15) is 14.4 Å². The molecule has 0 aliphatic heterocycles. The molecule has 3 aromatic rings. The number of methoxy groups -OCH3 is 1. The van der Waals surface area contributed by atoms with Gasteiger partial charge in [0.2, 0.25) is 5.91 Å². The van der Waals surface area contributed by atoms with Gasteiger partial charge in [0.15, 0.2) is 5.52 Å². The van der Waals surface area contributed by atoms with Crippen molar-refractivity contribution in [2.75, 3.05) is 14.2 Å². The van der Waals surface area contributed by atoms with Crippen LogP contribution in [-0.2, 0) is 17.9 Å². The predicted octanol–water partition coefficient (Wildman–Crippen LogP) is 0.361. The van der Waals surface area contributed by atoms with Gasteiger partial charge in [-0.1, -0.05) is 12.1 Å². The van der Waals surface area contributed by atoms with Crippen LogP contribution in [0.4, 0.5) is 0 Å². The second-order valence-corrected chi connectivity index (χ2v) is 5.65. The maximum Gasteiger partial charge on any atom is 0.332 e. The van der Waals surface area contributed by atoms with E-state index >= 15 is 0 Å². The zero-order valence-corrected chi connectivity index (χ0v) is 14.4. The van der Waals surface area contributed by atoms with E-state index in [1.165, 1.54) is 17.8 Å². The first-order valence-electron chi connectivity index (χ1n) is 7.97. The number of rotatable bonds is 5. The molecule has 8 nitrogen and oxygen atoms in total. The standard InChI is InChI=1S/C18H18N4O4/c1-19-15(23)11-21-14-4-3-9-20-16(14)17(24)22(18(21)25)10-12-5-7-13(26-2)8-6-12/h3-9H,10-11H2,1-2H3,(H,19,23). The number of carbonyl (C=O) groups excluding carboxylic acids is 1. The minimum Gasteiger partial charge on any atom is -0.497 e. The largest absolute Gasteiger partial charge is 0.497 e. The number of hydrogen-bond donors (Lipinski definition) is 1. The Morgan fingerprint density at radius 3 is 2.54 bits per heavy atom. The normalized spacial score (nSPS) is 10.7. The van der Waals surface area contributed by atoms with Crippen LogP contribution in [0.1, 0.15) is 5.56 Å². The highest BCUT2D eigenvalue weighted by atomic mass is 16.5. The lowest BCUT2D eigenvalue weighted by molar-refractivity contribution is -0.121. The fourth-order valence-corrected chi connectivity index (χ4v) is 2.67. The molecule has 26 heavy (non-hydrogen) atoms. The maximum atomic E-state index is 12.9. The van der Waals surface area contributed by atoms with Crippen molar-refractivity contribution >= 4 is 16.9 Å². The van der Waals surface area contributed by atoms with Crippen molar-refractivity contribution < 1.29 is 9.53 Å². The van der Waals surface area contributed by atoms with Gasteiger partial charge >= 0.3 is 5.69 Å². The number of benzene rings is 1. The molecular formula is C18H18N4O4. The van der Waals surface area contributed by atoms with E-state index in [-0.39, 0.29) is 24.5 Å². The summed E-state index contributed by atoms with van der Waals surface area (Å²) in [5.41, 5.74) is 0.179. The van der Waals surface area contributed by atoms with Crippen molar-refractivity contribution in [2.24, 2.45) is 0 Å². The Kier molecular flexibility index (Phi) is 4.83. The molecule has 0 aliphatic carbocycles. The van der Waals surface area contributed by atoms with E-state index in [0.717, 1.165) is 10.1 Å². The summed E-state index contributed by atoms with van der Waals surface area (Å²) in [5.74, 6) is 0.338. The third-order valence-corrected chi connectivity index (χ3v) is 4.07. The number of carbonyl (C=O) groups is 1. The van der Waals surface area contributed by atoms with Gasteiger partial charge in [-0.2, -0.15) is 0 Å². The quantitative estimate of drug-likeness (QED) is 0.714. The van der Waals surface area contributed by atoms with E-state index in [4.69, 9.17) is 4.74 Å². The van der Waals surface area contributed by atoms with Crippen molar-refractivity contribution in [3.8, 4) is 5.75 Å². The van der Waals surface area contributed by atoms with E-state index in [1.807, 2.05) is 0 Å². The molecular weight excluding hydrogens is 336 g/mol. The molecule has 1 amide bonds. The van der Waals surface area contributed by atoms with Crippen LogP contribution in [0.5, 0.6) is 5.75 Å². The lowest BCUT2D eigenvalue weighted by atomic mass is 10.2. The molecule has 8 heteroatoms. The topological polar surface area (TPSA) is 95.2 Å². The number of amides is 1. The SMILES string of the molecule is CNC(=O)Cn1c(=O)n(Cc2ccc(OC)cc2)c(=O)c2ncccc21. The Balaban J connectivity index is 2.16. The molecule has 2 aromatic heterocycles. The molecule has 2 heterocycles. The van der Waals surface area contributed by atoms with E-state index in [2.05, 4.69) is 10.3 Å². The van der Waals surface area contributed by atoms with Crippen LogP contribution in [0.3, 0.4) is 0 Å². The van der Waals surface area contributed by atoms with Crippen molar-refractivity contribution in [1.29, 1.82) is 0 Å². The second-order valence-electron chi connectivity index (χ2n) is 5.65. The highest BCUT2D eigenvalue weighted by Gasteiger charge is 2.16. The first kappa shape index (κ1) is 17.4. The fourth-order valence-electron chi connectivity index (χ4n) is 2.67. The summed E-state index contributed by atoms with van der Waals surface area (Å²) in [6.07, 6.45) is 1.48. The van der Waals surface area contributed by atoms with Crippen LogP contribution in [0.25, 0.3) is 11.0 Å². The summed E-state index contributed by atoms with van der Waals surface area (Å²) in [5, 5.41) is 2.48. The molecule has 0 atom stereocenters. The van der Waals surface area contributed by atoms with Crippen molar-refractivity contribution in [2.45, 2.75) is 13.1 Å². The number of fused-ring (bicyclic) bond motifs is 1. The van der Waals surface area contributed by atoms with Crippen molar-refractivity contribution in [3.05, 3.63) is 69.0 Å². The molecule has 0 spiro atoms. The lowest BCUT2D eigenvalue weighted by Crippen LogP contribution is -2.42. The Morgan fingerprint density at radius 2 is 1.88 bits per heavy atom. The molecule has 0 aliphatic rings. The zero-order chi connectivity index (χ0) is 18.7. The summed E-state index contributed by atoms with van der Waals surface area (Å²) in [6.45, 7) is -0.123. The average Bonchev–Trinajstić information content (AvgIpc) is 2.68. The molecule has 0 fully saturated rings. The number of nitrogens with zero attached hydrogens (tertiary/aromatic N) is 3. The monoisotopic (exact) mass is 354 g/mol. The molecule has 0 unspecified atom stereocenters. The summed E-state index contributed by atoms with van der Waals surface area (Å²) in [6, 6.07) is 10.3. The van der Waals surface area contributed by atoms with Crippen LogP contribution >= 0.6 is 0 Å². The smallest absolute Gasteiger partial charge is 0.332 e. The number of nitrogens with one attached hydrogen (secondary N) is 1. The maximum absolute atomic E-state index is 12.9. The summed E-state index contributed by atoms with van der Waals surface area (Å²) in [7, 11) is 3.05. The highest BCUT2D eigenvalue weighted by molar-refractivity contribution is 5.79. The van der Waals surface area contributed by atoms with Gasteiger partial charge in [-0.15, -0.1) is 0 Å². The minimum atomic E-state index is -0.560. The molecule has 1 N–H and O–H groups in total. The van der Waals surface area contributed by atoms with E-state index in [0.29, 0.717) is 11.3 Å². The van der Waals surface area contributed by atoms with Gasteiger partial charge in [0, 0.05) is 13.2 Å². The molecule has 0 bridgehead atoms. The Hall–Kier alpha value is -3.42. The highest BCUT2D eigenvalue weighted by Crippen LogP contribution is 2.12. The van der Waals surface area contributed by atoms with Crippen LogP contribution in [0.15, 0.2) is 52.2 Å². The number of aromatic nitrogens is 3. The second kappa shape index (κ2) is 7.22. The number of hydrogen-bond acceptors (Lipinski definition) is 5. The van der Waals surface area contributed by atoms with Gasteiger partial charge in [-0.25, -0.2) is 9.78 Å². The van der Waals surface area contributed by atoms with Gasteiger partial charge < -0.3 is 10.1 Å². The zero-order valence-electron chi connectivity index (χ0n) is 14.4. The van der Waals surface area contributed by atoms with Crippen LogP contribution in [0.2, 0.25) is 0 Å². The van der Waals surface area contributed by atoms with Gasteiger partial charge in [-0.3, -0.25) is 18.7 Å². The predicted molar refractivity (Wildman–Crippen MR) is 96.4 cm³/mol. The fraction of sp³-hybridized carbons (Fsp3) is 0.222. The molecule has 0 saturated heterocycles.